The maximum atomic E-state index is 9.12. The van der Waals surface area contributed by atoms with Gasteiger partial charge in [-0.25, -0.2) is 0 Å². The molecule has 2 fully saturated rings. The molecule has 0 spiro atoms. The van der Waals surface area contributed by atoms with E-state index >= 15 is 0 Å². The number of fused-ring (bicyclic) bond motifs is 1. The molecule has 0 aromatic heterocycles. The molecule has 0 heterocycles. The van der Waals surface area contributed by atoms with E-state index in [1.807, 2.05) is 0 Å². The Morgan fingerprint density at radius 2 is 2.27 bits per heavy atom. The highest BCUT2D eigenvalue weighted by Gasteiger charge is 2.40. The second-order valence-corrected chi connectivity index (χ2v) is 4.01. The van der Waals surface area contributed by atoms with Crippen LogP contribution in [-0.2, 0) is 0 Å². The van der Waals surface area contributed by atoms with Crippen molar-refractivity contribution < 1.29 is 5.11 Å². The minimum atomic E-state index is 0.333. The first-order chi connectivity index (χ1) is 5.33. The molecule has 0 amide bonds. The molecule has 1 heteroatoms. The molecule has 0 aromatic rings. The quantitative estimate of drug-likeness (QED) is 0.569. The molecule has 3 atom stereocenters. The average Bonchev–Trinajstić information content (AvgIpc) is 2.46. The minimum absolute atomic E-state index is 0.333. The van der Waals surface area contributed by atoms with Crippen molar-refractivity contribution in [1.82, 2.24) is 0 Å². The molecule has 0 bridgehead atoms. The van der Waals surface area contributed by atoms with E-state index in [1.165, 1.54) is 31.3 Å². The largest absolute Gasteiger partial charge is 0.396 e. The molecular formula is C10H16O. The Morgan fingerprint density at radius 3 is 3.00 bits per heavy atom. The third-order valence-corrected chi connectivity index (χ3v) is 3.48. The number of hydrogen-bond acceptors (Lipinski definition) is 1. The summed E-state index contributed by atoms with van der Waals surface area (Å²) in [5.74, 6) is 2.11. The zero-order valence-electron chi connectivity index (χ0n) is 6.92. The van der Waals surface area contributed by atoms with Gasteiger partial charge in [-0.1, -0.05) is 18.6 Å². The van der Waals surface area contributed by atoms with Crippen molar-refractivity contribution >= 4 is 0 Å². The van der Waals surface area contributed by atoms with Gasteiger partial charge in [0, 0.05) is 12.5 Å². The summed E-state index contributed by atoms with van der Waals surface area (Å²) in [5.41, 5.74) is 1.31. The van der Waals surface area contributed by atoms with Crippen LogP contribution < -0.4 is 0 Å². The van der Waals surface area contributed by atoms with Crippen molar-refractivity contribution in [1.29, 1.82) is 0 Å². The SMILES string of the molecule is C=C1C[C@H]2CCC[C@H]2C1CO. The van der Waals surface area contributed by atoms with Gasteiger partial charge < -0.3 is 5.11 Å². The van der Waals surface area contributed by atoms with E-state index in [4.69, 9.17) is 5.11 Å². The first-order valence-corrected chi connectivity index (χ1v) is 4.61. The van der Waals surface area contributed by atoms with Gasteiger partial charge in [-0.2, -0.15) is 0 Å². The maximum Gasteiger partial charge on any atom is 0.0499 e. The third kappa shape index (κ3) is 1.02. The Balaban J connectivity index is 2.13. The van der Waals surface area contributed by atoms with Gasteiger partial charge in [-0.05, 0) is 31.1 Å². The molecule has 0 aromatic carbocycles. The van der Waals surface area contributed by atoms with E-state index < -0.39 is 0 Å². The van der Waals surface area contributed by atoms with Gasteiger partial charge in [-0.3, -0.25) is 0 Å². The first kappa shape index (κ1) is 7.35. The van der Waals surface area contributed by atoms with Gasteiger partial charge in [0.2, 0.25) is 0 Å². The Hall–Kier alpha value is -0.300. The third-order valence-electron chi connectivity index (χ3n) is 3.48. The van der Waals surface area contributed by atoms with E-state index in [0.717, 1.165) is 11.8 Å². The zero-order chi connectivity index (χ0) is 7.84. The van der Waals surface area contributed by atoms with Crippen LogP contribution in [0, 0.1) is 17.8 Å². The fourth-order valence-electron chi connectivity index (χ4n) is 2.90. The Kier molecular flexibility index (Phi) is 1.76. The first-order valence-electron chi connectivity index (χ1n) is 4.61. The molecular weight excluding hydrogens is 136 g/mol. The molecule has 2 aliphatic carbocycles. The van der Waals surface area contributed by atoms with Crippen molar-refractivity contribution in [2.45, 2.75) is 25.7 Å². The number of hydrogen-bond donors (Lipinski definition) is 1. The zero-order valence-corrected chi connectivity index (χ0v) is 6.92. The lowest BCUT2D eigenvalue weighted by Gasteiger charge is -2.15. The lowest BCUT2D eigenvalue weighted by molar-refractivity contribution is 0.205. The Bertz CT molecular complexity index is 174. The van der Waals surface area contributed by atoms with Gasteiger partial charge in [0.05, 0.1) is 0 Å². The summed E-state index contributed by atoms with van der Waals surface area (Å²) in [6.45, 7) is 4.36. The van der Waals surface area contributed by atoms with Crippen molar-refractivity contribution in [3.63, 3.8) is 0 Å². The maximum absolute atomic E-state index is 9.12. The second kappa shape index (κ2) is 2.63. The summed E-state index contributed by atoms with van der Waals surface area (Å²) in [7, 11) is 0. The highest BCUT2D eigenvalue weighted by atomic mass is 16.3. The summed E-state index contributed by atoms with van der Waals surface area (Å²) >= 11 is 0. The van der Waals surface area contributed by atoms with Crippen LogP contribution in [0.15, 0.2) is 12.2 Å². The van der Waals surface area contributed by atoms with Crippen LogP contribution in [0.4, 0.5) is 0 Å². The summed E-state index contributed by atoms with van der Waals surface area (Å²) in [4.78, 5) is 0. The highest BCUT2D eigenvalue weighted by Crippen LogP contribution is 2.49. The van der Waals surface area contributed by atoms with Crippen LogP contribution in [0.1, 0.15) is 25.7 Å². The number of aliphatic hydroxyl groups is 1. The van der Waals surface area contributed by atoms with Gasteiger partial charge in [-0.15, -0.1) is 0 Å². The average molecular weight is 152 g/mol. The molecule has 62 valence electrons. The molecule has 0 aliphatic heterocycles. The minimum Gasteiger partial charge on any atom is -0.396 e. The van der Waals surface area contributed by atoms with E-state index in [1.54, 1.807) is 0 Å². The lowest BCUT2D eigenvalue weighted by Crippen LogP contribution is -2.13. The van der Waals surface area contributed by atoms with Crippen molar-refractivity contribution in [2.24, 2.45) is 17.8 Å². The summed E-state index contributed by atoms with van der Waals surface area (Å²) in [6, 6.07) is 0. The van der Waals surface area contributed by atoms with Crippen LogP contribution >= 0.6 is 0 Å². The Morgan fingerprint density at radius 1 is 1.45 bits per heavy atom. The predicted octanol–water partition coefficient (Wildman–Crippen LogP) is 1.97. The molecule has 1 unspecified atom stereocenters. The van der Waals surface area contributed by atoms with Crippen molar-refractivity contribution in [3.8, 4) is 0 Å². The molecule has 0 saturated heterocycles. The van der Waals surface area contributed by atoms with Crippen LogP contribution in [0.3, 0.4) is 0 Å². The fourth-order valence-corrected chi connectivity index (χ4v) is 2.90. The smallest absolute Gasteiger partial charge is 0.0499 e. The number of rotatable bonds is 1. The van der Waals surface area contributed by atoms with E-state index in [-0.39, 0.29) is 0 Å². The predicted molar refractivity (Wildman–Crippen MR) is 45.2 cm³/mol. The summed E-state index contributed by atoms with van der Waals surface area (Å²) < 4.78 is 0. The monoisotopic (exact) mass is 152 g/mol. The second-order valence-electron chi connectivity index (χ2n) is 4.01. The summed E-state index contributed by atoms with van der Waals surface area (Å²) in [5, 5.41) is 9.12. The van der Waals surface area contributed by atoms with E-state index in [2.05, 4.69) is 6.58 Å². The lowest BCUT2D eigenvalue weighted by atomic mass is 9.92. The fraction of sp³-hybridized carbons (Fsp3) is 0.800. The van der Waals surface area contributed by atoms with Crippen LogP contribution in [0.5, 0.6) is 0 Å². The van der Waals surface area contributed by atoms with Gasteiger partial charge in [0.1, 0.15) is 0 Å². The summed E-state index contributed by atoms with van der Waals surface area (Å²) in [6.07, 6.45) is 5.27. The van der Waals surface area contributed by atoms with E-state index in [9.17, 15) is 0 Å². The van der Waals surface area contributed by atoms with Crippen molar-refractivity contribution in [3.05, 3.63) is 12.2 Å². The molecule has 1 nitrogen and oxygen atoms in total. The highest BCUT2D eigenvalue weighted by molar-refractivity contribution is 5.13. The molecule has 0 radical (unpaired) electrons. The van der Waals surface area contributed by atoms with Crippen molar-refractivity contribution in [2.75, 3.05) is 6.61 Å². The molecule has 2 aliphatic rings. The normalized spacial score (nSPS) is 43.0. The van der Waals surface area contributed by atoms with Gasteiger partial charge in [0.25, 0.3) is 0 Å². The van der Waals surface area contributed by atoms with Crippen LogP contribution in [0.2, 0.25) is 0 Å². The standard InChI is InChI=1S/C10H16O/c1-7-5-8-3-2-4-9(8)10(7)6-11/h8-11H,1-6H2/t8-,9-,10?/m1/s1. The van der Waals surface area contributed by atoms with Gasteiger partial charge >= 0.3 is 0 Å². The number of aliphatic hydroxyl groups excluding tert-OH is 1. The van der Waals surface area contributed by atoms with Crippen LogP contribution in [0.25, 0.3) is 0 Å². The molecule has 11 heavy (non-hydrogen) atoms. The topological polar surface area (TPSA) is 20.2 Å². The van der Waals surface area contributed by atoms with E-state index in [0.29, 0.717) is 12.5 Å². The molecule has 1 N–H and O–H groups in total. The van der Waals surface area contributed by atoms with Gasteiger partial charge in [0.15, 0.2) is 0 Å². The Labute approximate surface area is 68.1 Å². The van der Waals surface area contributed by atoms with Crippen LogP contribution in [-0.4, -0.2) is 11.7 Å². The molecule has 2 saturated carbocycles. The molecule has 2 rings (SSSR count).